The van der Waals surface area contributed by atoms with E-state index in [2.05, 4.69) is 5.10 Å². The van der Waals surface area contributed by atoms with Gasteiger partial charge in [-0.25, -0.2) is 17.6 Å². The molecule has 1 aromatic carbocycles. The van der Waals surface area contributed by atoms with Crippen LogP contribution in [-0.2, 0) is 4.79 Å². The molecule has 2 rings (SSSR count). The zero-order chi connectivity index (χ0) is 16.6. The first-order valence-electron chi connectivity index (χ1n) is 6.07. The maximum Gasteiger partial charge on any atom is 0.249 e. The predicted octanol–water partition coefficient (Wildman–Crippen LogP) is 3.60. The first kappa shape index (κ1) is 16.3. The van der Waals surface area contributed by atoms with E-state index in [-0.39, 0.29) is 6.07 Å². The van der Waals surface area contributed by atoms with E-state index in [9.17, 15) is 22.4 Å². The second-order valence-electron chi connectivity index (χ2n) is 4.55. The highest BCUT2D eigenvalue weighted by Crippen LogP contribution is 2.25. The Morgan fingerprint density at radius 1 is 1.27 bits per heavy atom. The lowest BCUT2D eigenvalue weighted by Crippen LogP contribution is -2.25. The minimum atomic E-state index is -1.69. The van der Waals surface area contributed by atoms with Crippen LogP contribution in [0.1, 0.15) is 18.7 Å². The third kappa shape index (κ3) is 2.92. The van der Waals surface area contributed by atoms with Crippen molar-refractivity contribution in [2.75, 3.05) is 5.32 Å². The van der Waals surface area contributed by atoms with E-state index in [1.807, 2.05) is 5.32 Å². The predicted molar refractivity (Wildman–Crippen MR) is 71.6 cm³/mol. The highest BCUT2D eigenvalue weighted by atomic mass is 35.5. The van der Waals surface area contributed by atoms with E-state index in [1.54, 1.807) is 6.92 Å². The summed E-state index contributed by atoms with van der Waals surface area (Å²) in [5.74, 6) is -7.51. The topological polar surface area (TPSA) is 46.9 Å². The lowest BCUT2D eigenvalue weighted by molar-refractivity contribution is -0.119. The lowest BCUT2D eigenvalue weighted by Gasteiger charge is -2.14. The smallest absolute Gasteiger partial charge is 0.249 e. The highest BCUT2D eigenvalue weighted by molar-refractivity contribution is 6.31. The Kier molecular flexibility index (Phi) is 4.41. The van der Waals surface area contributed by atoms with Crippen molar-refractivity contribution in [3.8, 4) is 0 Å². The van der Waals surface area contributed by atoms with E-state index in [1.165, 1.54) is 17.8 Å². The Balaban J connectivity index is 2.29. The van der Waals surface area contributed by atoms with Gasteiger partial charge in [-0.1, -0.05) is 11.6 Å². The summed E-state index contributed by atoms with van der Waals surface area (Å²) in [5, 5.41) is 6.06. The molecule has 9 heteroatoms. The van der Waals surface area contributed by atoms with Crippen LogP contribution in [0.4, 0.5) is 23.2 Å². The lowest BCUT2D eigenvalue weighted by atomic mass is 10.2. The van der Waals surface area contributed by atoms with E-state index >= 15 is 0 Å². The molecule has 1 N–H and O–H groups in total. The molecule has 118 valence electrons. The fraction of sp³-hybridized carbons (Fsp3) is 0.231. The second kappa shape index (κ2) is 5.96. The van der Waals surface area contributed by atoms with Crippen LogP contribution in [-0.4, -0.2) is 15.7 Å². The summed E-state index contributed by atoms with van der Waals surface area (Å²) >= 11 is 5.80. The van der Waals surface area contributed by atoms with E-state index in [0.717, 1.165) is 0 Å². The Morgan fingerprint density at radius 2 is 1.82 bits per heavy atom. The molecule has 0 saturated heterocycles. The van der Waals surface area contributed by atoms with Crippen molar-refractivity contribution in [3.63, 3.8) is 0 Å². The molecule has 0 spiro atoms. The quantitative estimate of drug-likeness (QED) is 0.688. The minimum absolute atomic E-state index is 0.0559. The van der Waals surface area contributed by atoms with Gasteiger partial charge in [0.25, 0.3) is 0 Å². The summed E-state index contributed by atoms with van der Waals surface area (Å²) in [7, 11) is 0. The largest absolute Gasteiger partial charge is 0.319 e. The van der Waals surface area contributed by atoms with Crippen molar-refractivity contribution in [1.82, 2.24) is 9.78 Å². The number of rotatable bonds is 3. The molecule has 1 aromatic heterocycles. The molecule has 1 unspecified atom stereocenters. The van der Waals surface area contributed by atoms with Gasteiger partial charge >= 0.3 is 0 Å². The summed E-state index contributed by atoms with van der Waals surface area (Å²) in [6, 6.07) is -0.947. The molecule has 0 bridgehead atoms. The Labute approximate surface area is 127 Å². The Morgan fingerprint density at radius 3 is 2.27 bits per heavy atom. The van der Waals surface area contributed by atoms with Crippen molar-refractivity contribution >= 4 is 23.2 Å². The van der Waals surface area contributed by atoms with E-state index in [0.29, 0.717) is 10.7 Å². The van der Waals surface area contributed by atoms with Gasteiger partial charge in [0.2, 0.25) is 5.91 Å². The van der Waals surface area contributed by atoms with Gasteiger partial charge in [-0.3, -0.25) is 9.48 Å². The van der Waals surface area contributed by atoms with Crippen LogP contribution >= 0.6 is 11.6 Å². The number of anilines is 1. The van der Waals surface area contributed by atoms with Crippen LogP contribution in [0.3, 0.4) is 0 Å². The van der Waals surface area contributed by atoms with Gasteiger partial charge in [0.15, 0.2) is 23.3 Å². The van der Waals surface area contributed by atoms with Crippen LogP contribution in [0.25, 0.3) is 0 Å². The van der Waals surface area contributed by atoms with Gasteiger partial charge in [0.05, 0.1) is 10.7 Å². The number of carbonyl (C=O) groups is 1. The molecule has 0 aliphatic heterocycles. The van der Waals surface area contributed by atoms with Gasteiger partial charge in [-0.15, -0.1) is 0 Å². The first-order chi connectivity index (χ1) is 10.2. The molecule has 2 aromatic rings. The third-order valence-corrected chi connectivity index (χ3v) is 3.36. The van der Waals surface area contributed by atoms with Crippen LogP contribution < -0.4 is 5.32 Å². The van der Waals surface area contributed by atoms with Crippen LogP contribution in [0.2, 0.25) is 5.02 Å². The number of aromatic nitrogens is 2. The van der Waals surface area contributed by atoms with E-state index in [4.69, 9.17) is 11.6 Å². The molecule has 0 saturated carbocycles. The molecule has 1 amide bonds. The fourth-order valence-electron chi connectivity index (χ4n) is 1.69. The average molecular weight is 336 g/mol. The summed E-state index contributed by atoms with van der Waals surface area (Å²) in [6.07, 6.45) is 1.35. The standard InChI is InChI=1S/C13H10ClF4N3O/c1-5-7(14)4-21(20-5)6(2)13(22)19-12-10(17)8(15)3-9(16)11(12)18/h3-4,6H,1-2H3,(H,19,22). The summed E-state index contributed by atoms with van der Waals surface area (Å²) in [6.45, 7) is 2.98. The number of aryl methyl sites for hydroxylation is 1. The number of hydrogen-bond acceptors (Lipinski definition) is 2. The molecule has 0 aliphatic carbocycles. The molecule has 0 fully saturated rings. The molecule has 0 aliphatic rings. The molecular weight excluding hydrogens is 326 g/mol. The normalized spacial score (nSPS) is 12.3. The Hall–Kier alpha value is -2.09. The van der Waals surface area contributed by atoms with Crippen molar-refractivity contribution in [1.29, 1.82) is 0 Å². The molecule has 0 radical (unpaired) electrons. The number of nitrogens with one attached hydrogen (secondary N) is 1. The maximum atomic E-state index is 13.5. The van der Waals surface area contributed by atoms with Crippen molar-refractivity contribution in [2.45, 2.75) is 19.9 Å². The zero-order valence-corrected chi connectivity index (χ0v) is 12.2. The number of carbonyl (C=O) groups excluding carboxylic acids is 1. The number of benzene rings is 1. The first-order valence-corrected chi connectivity index (χ1v) is 6.45. The van der Waals surface area contributed by atoms with E-state index < -0.39 is 40.9 Å². The van der Waals surface area contributed by atoms with Crippen molar-refractivity contribution in [2.24, 2.45) is 0 Å². The van der Waals surface area contributed by atoms with Crippen molar-refractivity contribution < 1.29 is 22.4 Å². The highest BCUT2D eigenvalue weighted by Gasteiger charge is 2.24. The van der Waals surface area contributed by atoms with Gasteiger partial charge in [0.1, 0.15) is 11.7 Å². The Bertz CT molecular complexity index is 702. The summed E-state index contributed by atoms with van der Waals surface area (Å²) in [5.41, 5.74) is -0.736. The fourth-order valence-corrected chi connectivity index (χ4v) is 1.83. The zero-order valence-electron chi connectivity index (χ0n) is 11.4. The van der Waals surface area contributed by atoms with Gasteiger partial charge in [0, 0.05) is 12.3 Å². The monoisotopic (exact) mass is 335 g/mol. The van der Waals surface area contributed by atoms with Crippen molar-refractivity contribution in [3.05, 3.63) is 46.2 Å². The third-order valence-electron chi connectivity index (χ3n) is 2.99. The maximum absolute atomic E-state index is 13.5. The number of amides is 1. The summed E-state index contributed by atoms with van der Waals surface area (Å²) in [4.78, 5) is 12.0. The molecule has 1 atom stereocenters. The molecule has 4 nitrogen and oxygen atoms in total. The SMILES string of the molecule is Cc1nn(C(C)C(=O)Nc2c(F)c(F)cc(F)c2F)cc1Cl. The number of nitrogens with zero attached hydrogens (tertiary/aromatic N) is 2. The number of halogens is 5. The number of hydrogen-bond donors (Lipinski definition) is 1. The molecule has 1 heterocycles. The second-order valence-corrected chi connectivity index (χ2v) is 4.96. The van der Waals surface area contributed by atoms with Gasteiger partial charge < -0.3 is 5.32 Å². The molecular formula is C13H10ClF4N3O. The summed E-state index contributed by atoms with van der Waals surface area (Å²) < 4.78 is 54.3. The molecule has 22 heavy (non-hydrogen) atoms. The van der Waals surface area contributed by atoms with Gasteiger partial charge in [-0.2, -0.15) is 5.10 Å². The van der Waals surface area contributed by atoms with Crippen LogP contribution in [0, 0.1) is 30.2 Å². The van der Waals surface area contributed by atoms with Crippen LogP contribution in [0.15, 0.2) is 12.3 Å². The minimum Gasteiger partial charge on any atom is -0.319 e. The van der Waals surface area contributed by atoms with Crippen LogP contribution in [0.5, 0.6) is 0 Å². The average Bonchev–Trinajstić information content (AvgIpc) is 2.80. The van der Waals surface area contributed by atoms with Gasteiger partial charge in [-0.05, 0) is 13.8 Å².